The van der Waals surface area contributed by atoms with E-state index < -0.39 is 68.4 Å². The average Bonchev–Trinajstić information content (AvgIpc) is 2.68. The van der Waals surface area contributed by atoms with Gasteiger partial charge in [0.15, 0.2) is 11.6 Å². The van der Waals surface area contributed by atoms with E-state index in [4.69, 9.17) is 59.2 Å². The fraction of sp³-hybridized carbons (Fsp3) is 0.582. The molecule has 2 amide bonds. The zero-order chi connectivity index (χ0) is 60.1. The molecule has 0 aliphatic carbocycles. The number of halogens is 5. The van der Waals surface area contributed by atoms with Gasteiger partial charge in [-0.1, -0.05) is 16.8 Å². The summed E-state index contributed by atoms with van der Waals surface area (Å²) in [6.45, 7) is 9.78. The lowest BCUT2D eigenvalue weighted by molar-refractivity contribution is -0.136. The minimum absolute atomic E-state index is 0.00877. The van der Waals surface area contributed by atoms with E-state index >= 15 is 0 Å². The number of hydrogen-bond donors (Lipinski definition) is 0. The largest absolute Gasteiger partial charge is 0.443 e. The van der Waals surface area contributed by atoms with Crippen LogP contribution in [0, 0.1) is 23.3 Å². The van der Waals surface area contributed by atoms with Gasteiger partial charge in [0.1, 0.15) is 27.0 Å². The smallest absolute Gasteiger partial charge is 0.410 e. The topological polar surface area (TPSA) is 246 Å². The Morgan fingerprint density at radius 2 is 1.36 bits per heavy atom. The van der Waals surface area contributed by atoms with Crippen LogP contribution in [0.2, 0.25) is 5.02 Å². The summed E-state index contributed by atoms with van der Waals surface area (Å²) in [4.78, 5) is 52.4. The molecule has 2 aromatic carbocycles. The van der Waals surface area contributed by atoms with Crippen LogP contribution in [-0.2, 0) is 93.7 Å². The molecule has 1 spiro atoms. The van der Waals surface area contributed by atoms with Gasteiger partial charge in [-0.15, -0.1) is 5.10 Å². The Morgan fingerprint density at radius 1 is 0.762 bits per heavy atom. The first kappa shape index (κ1) is 65.6. The Morgan fingerprint density at radius 3 is 1.99 bits per heavy atom. The van der Waals surface area contributed by atoms with Crippen molar-refractivity contribution in [3.05, 3.63) is 94.3 Å². The van der Waals surface area contributed by atoms with Gasteiger partial charge in [-0.25, -0.2) is 31.7 Å². The lowest BCUT2D eigenvalue weighted by atomic mass is 9.74. The first-order chi connectivity index (χ1) is 40.3. The number of ether oxygens (including phenoxy) is 10. The molecule has 29 heteroatoms. The molecule has 3 aromatic heterocycles. The second-order valence-corrected chi connectivity index (χ2v) is 23.1. The molecule has 5 aromatic rings. The second kappa shape index (κ2) is 32.0. The third-order valence-electron chi connectivity index (χ3n) is 13.6. The number of aromatic nitrogens is 6. The van der Waals surface area contributed by atoms with Crippen LogP contribution >= 0.6 is 11.6 Å². The molecule has 0 N–H and O–H groups in total. The number of likely N-dealkylation sites (tertiary alicyclic amines) is 1. The fourth-order valence-electron chi connectivity index (χ4n) is 9.25. The zero-order valence-corrected chi connectivity index (χ0v) is 48.8. The van der Waals surface area contributed by atoms with Crippen molar-refractivity contribution in [2.75, 3.05) is 129 Å². The summed E-state index contributed by atoms with van der Waals surface area (Å²) in [6.07, 6.45) is 7.05. The van der Waals surface area contributed by atoms with Crippen LogP contribution in [0.15, 0.2) is 48.9 Å². The number of nitrogens with zero attached hydrogens (tertiary/aromatic N) is 8. The van der Waals surface area contributed by atoms with Crippen molar-refractivity contribution >= 4 is 56.1 Å². The molecule has 462 valence electrons. The van der Waals surface area contributed by atoms with Crippen LogP contribution < -0.4 is 9.64 Å². The third-order valence-corrected chi connectivity index (χ3v) is 14.9. The maximum Gasteiger partial charge on any atom is 0.410 e. The number of carbonyl (C=O) groups is 3. The zero-order valence-electron chi connectivity index (χ0n) is 47.2. The number of benzene rings is 2. The SMILES string of the molecule is CC(C)(CCOCCOCCOCCOCc1cn(CCOCCOCCOCCOCCC(=O)Oc2c(F)c(F)cc(F)c2F)nn1)OC(=O)N1CCC2(CC1)C(=O)N(Cc1nc3cc(Cl)ccc3n1CCCS(C)(=O)=O)c1cnccc12. The summed E-state index contributed by atoms with van der Waals surface area (Å²) in [5.74, 6) is -9.06. The van der Waals surface area contributed by atoms with E-state index in [0.717, 1.165) is 11.1 Å². The van der Waals surface area contributed by atoms with Crippen molar-refractivity contribution in [2.45, 2.75) is 83.2 Å². The highest BCUT2D eigenvalue weighted by Crippen LogP contribution is 2.48. The number of fused-ring (bicyclic) bond motifs is 3. The molecule has 0 radical (unpaired) electrons. The molecule has 0 saturated carbocycles. The van der Waals surface area contributed by atoms with Crippen LogP contribution in [0.4, 0.5) is 28.0 Å². The van der Waals surface area contributed by atoms with Gasteiger partial charge < -0.3 is 61.7 Å². The lowest BCUT2D eigenvalue weighted by Crippen LogP contribution is -2.51. The van der Waals surface area contributed by atoms with Crippen molar-refractivity contribution in [3.8, 4) is 5.75 Å². The molecule has 0 atom stereocenters. The minimum Gasteiger partial charge on any atom is -0.443 e. The van der Waals surface area contributed by atoms with Gasteiger partial charge in [0.05, 0.1) is 166 Å². The number of aryl methyl sites for hydroxylation is 1. The molecule has 0 unspecified atom stereocenters. The number of esters is 1. The molecular weight excluding hydrogens is 1160 g/mol. The number of carbonyl (C=O) groups excluding carboxylic acids is 3. The van der Waals surface area contributed by atoms with Gasteiger partial charge in [0.25, 0.3) is 0 Å². The molecule has 84 heavy (non-hydrogen) atoms. The second-order valence-electron chi connectivity index (χ2n) is 20.4. The van der Waals surface area contributed by atoms with Crippen molar-refractivity contribution in [1.29, 1.82) is 0 Å². The Labute approximate surface area is 488 Å². The highest BCUT2D eigenvalue weighted by Gasteiger charge is 2.53. The number of imidazole rings is 1. The molecule has 1 saturated heterocycles. The van der Waals surface area contributed by atoms with E-state index in [1.54, 1.807) is 45.2 Å². The third kappa shape index (κ3) is 19.3. The predicted octanol–water partition coefficient (Wildman–Crippen LogP) is 6.18. The summed E-state index contributed by atoms with van der Waals surface area (Å²) in [6, 6.07) is 7.24. The molecule has 2 aliphatic rings. The van der Waals surface area contributed by atoms with E-state index in [9.17, 15) is 40.4 Å². The van der Waals surface area contributed by atoms with E-state index in [1.807, 2.05) is 30.5 Å². The van der Waals surface area contributed by atoms with Gasteiger partial charge in [-0.3, -0.25) is 14.6 Å². The van der Waals surface area contributed by atoms with Crippen LogP contribution in [0.3, 0.4) is 0 Å². The summed E-state index contributed by atoms with van der Waals surface area (Å²) < 4.78 is 136. The predicted molar refractivity (Wildman–Crippen MR) is 294 cm³/mol. The molecule has 1 fully saturated rings. The van der Waals surface area contributed by atoms with Gasteiger partial charge in [0.2, 0.25) is 23.3 Å². The van der Waals surface area contributed by atoms with Crippen molar-refractivity contribution in [2.24, 2.45) is 0 Å². The summed E-state index contributed by atoms with van der Waals surface area (Å²) in [5, 5.41) is 8.70. The van der Waals surface area contributed by atoms with Gasteiger partial charge in [-0.05, 0) is 62.9 Å². The van der Waals surface area contributed by atoms with Gasteiger partial charge in [-0.2, -0.15) is 8.78 Å². The molecule has 7 rings (SSSR count). The van der Waals surface area contributed by atoms with Crippen molar-refractivity contribution in [3.63, 3.8) is 0 Å². The quantitative estimate of drug-likeness (QED) is 0.0142. The number of pyridine rings is 1. The maximum absolute atomic E-state index is 14.6. The van der Waals surface area contributed by atoms with Crippen LogP contribution in [0.5, 0.6) is 5.75 Å². The van der Waals surface area contributed by atoms with E-state index in [1.165, 1.54) is 6.26 Å². The first-order valence-electron chi connectivity index (χ1n) is 27.5. The first-order valence-corrected chi connectivity index (χ1v) is 29.9. The lowest BCUT2D eigenvalue weighted by Gasteiger charge is -2.39. The maximum atomic E-state index is 14.6. The number of anilines is 1. The fourth-order valence-corrected chi connectivity index (χ4v) is 10.1. The Balaban J connectivity index is 0.659. The van der Waals surface area contributed by atoms with Crippen molar-refractivity contribution < 1.29 is 87.7 Å². The van der Waals surface area contributed by atoms with E-state index in [0.29, 0.717) is 152 Å². The highest BCUT2D eigenvalue weighted by molar-refractivity contribution is 7.90. The molecular formula is C55H71ClF4N8O15S. The number of piperidine rings is 1. The Bertz CT molecular complexity index is 3050. The number of hydrogen-bond acceptors (Lipinski definition) is 19. The van der Waals surface area contributed by atoms with E-state index in [-0.39, 0.29) is 57.3 Å². The van der Waals surface area contributed by atoms with Gasteiger partial charge in [0, 0.05) is 49.6 Å². The minimum atomic E-state index is -3.19. The number of rotatable bonds is 37. The number of amides is 2. The Hall–Kier alpha value is -5.95. The summed E-state index contributed by atoms with van der Waals surface area (Å²) in [7, 11) is -3.19. The Kier molecular flexibility index (Phi) is 25.0. The molecule has 0 bridgehead atoms. The van der Waals surface area contributed by atoms with Crippen LogP contribution in [0.25, 0.3) is 11.0 Å². The van der Waals surface area contributed by atoms with Crippen molar-refractivity contribution in [1.82, 2.24) is 34.4 Å². The highest BCUT2D eigenvalue weighted by atomic mass is 35.5. The van der Waals surface area contributed by atoms with Crippen LogP contribution in [0.1, 0.15) is 63.0 Å². The van der Waals surface area contributed by atoms with Gasteiger partial charge >= 0.3 is 12.1 Å². The molecule has 23 nitrogen and oxygen atoms in total. The summed E-state index contributed by atoms with van der Waals surface area (Å²) in [5.41, 5.74) is 1.93. The molecule has 2 aliphatic heterocycles. The standard InChI is InChI=1S/C55H71ClF4N8O15S/c1-54(2,83-53(71)65-14-9-55(10-15-65)41-7-12-61-35-46(41)68(52(55)70)37-47-62-44-33-39(56)5-6-45(44)67(47)13-4-32-84(3,72)73)11-18-75-21-24-78-28-29-80-30-31-81-38-40-36-66(64-63-40)16-19-76-22-25-79-27-26-77-23-20-74-17-8-48(69)82-51-49(59)42(57)34-43(58)50(51)60/h5-7,12,33-36H,4,8-11,13-32,37-38H2,1-3H3. The molecule has 5 heterocycles. The van der Waals surface area contributed by atoms with E-state index in [2.05, 4.69) is 20.0 Å². The van der Waals surface area contributed by atoms with Crippen LogP contribution in [-0.4, -0.2) is 191 Å². The average molecular weight is 1230 g/mol. The number of sulfone groups is 1. The normalized spacial score (nSPS) is 14.3. The monoisotopic (exact) mass is 1230 g/mol. The summed E-state index contributed by atoms with van der Waals surface area (Å²) >= 11 is 6.31.